The molecule has 5 aromatic rings. The van der Waals surface area contributed by atoms with E-state index in [-0.39, 0.29) is 11.6 Å². The summed E-state index contributed by atoms with van der Waals surface area (Å²) in [6.45, 7) is 0. The second-order valence-corrected chi connectivity index (χ2v) is 11.4. The zero-order valence-corrected chi connectivity index (χ0v) is 26.2. The number of carbonyl (C=O) groups excluding carboxylic acids is 2. The Morgan fingerprint density at radius 2 is 0.889 bits per heavy atom. The molecule has 5 aromatic carbocycles. The lowest BCUT2D eigenvalue weighted by Crippen LogP contribution is -2.10. The topological polar surface area (TPSA) is 65.0 Å². The van der Waals surface area contributed by atoms with Crippen molar-refractivity contribution >= 4 is 34.3 Å². The van der Waals surface area contributed by atoms with Crippen molar-refractivity contribution in [3.63, 3.8) is 0 Å². The first kappa shape index (κ1) is 31.0. The fourth-order valence-electron chi connectivity index (χ4n) is 4.96. The van der Waals surface area contributed by atoms with E-state index in [4.69, 9.17) is 5.10 Å². The van der Waals surface area contributed by atoms with Crippen molar-refractivity contribution in [3.8, 4) is 0 Å². The van der Waals surface area contributed by atoms with Gasteiger partial charge in [0.1, 0.15) is 0 Å². The van der Waals surface area contributed by atoms with Gasteiger partial charge in [0.2, 0.25) is 0 Å². The van der Waals surface area contributed by atoms with Crippen LogP contribution in [0.2, 0.25) is 0 Å². The summed E-state index contributed by atoms with van der Waals surface area (Å²) in [6.07, 6.45) is 0.633. The van der Waals surface area contributed by atoms with Crippen LogP contribution in [0.25, 0.3) is 0 Å². The maximum atomic E-state index is 13.0. The molecule has 0 bridgehead atoms. The highest BCUT2D eigenvalue weighted by Crippen LogP contribution is 2.19. The molecule has 0 saturated heterocycles. The van der Waals surface area contributed by atoms with Crippen LogP contribution >= 0.6 is 0 Å². The van der Waals surface area contributed by atoms with Crippen molar-refractivity contribution in [2.75, 3.05) is 43.4 Å². The molecule has 45 heavy (non-hydrogen) atoms. The average molecular weight is 595 g/mol. The number of hydrogen-bond donors (Lipinski definition) is 1. The minimum atomic E-state index is 0.0754. The fourth-order valence-corrected chi connectivity index (χ4v) is 4.96. The number of nitrogens with zero attached hydrogens (tertiary/aromatic N) is 3. The predicted molar refractivity (Wildman–Crippen MR) is 186 cm³/mol. The van der Waals surface area contributed by atoms with Crippen molar-refractivity contribution < 1.29 is 9.59 Å². The van der Waals surface area contributed by atoms with Crippen LogP contribution in [0, 0.1) is 0 Å². The SMILES string of the molecule is CN(C)c1ccc(C(=O)Cc2ccc(C(=NNc3ccccc3)c3ccc(CC(=O)c4ccc(N(C)C)cc4)cc3)cc2)cc1. The van der Waals surface area contributed by atoms with Gasteiger partial charge in [-0.05, 0) is 71.8 Å². The lowest BCUT2D eigenvalue weighted by atomic mass is 9.96. The molecule has 5 rings (SSSR count). The van der Waals surface area contributed by atoms with Crippen LogP contribution in [0.4, 0.5) is 17.1 Å². The Balaban J connectivity index is 1.33. The molecule has 0 saturated carbocycles. The van der Waals surface area contributed by atoms with Crippen molar-refractivity contribution in [1.29, 1.82) is 0 Å². The monoisotopic (exact) mass is 594 g/mol. The first-order valence-corrected chi connectivity index (χ1v) is 15.0. The van der Waals surface area contributed by atoms with Crippen LogP contribution in [0.15, 0.2) is 132 Å². The van der Waals surface area contributed by atoms with Crippen molar-refractivity contribution in [1.82, 2.24) is 0 Å². The number of hydrogen-bond acceptors (Lipinski definition) is 6. The zero-order valence-electron chi connectivity index (χ0n) is 26.2. The number of hydrazone groups is 1. The van der Waals surface area contributed by atoms with Crippen LogP contribution in [-0.2, 0) is 12.8 Å². The van der Waals surface area contributed by atoms with Crippen LogP contribution in [0.5, 0.6) is 0 Å². The van der Waals surface area contributed by atoms with E-state index in [0.29, 0.717) is 24.0 Å². The van der Waals surface area contributed by atoms with Gasteiger partial charge >= 0.3 is 0 Å². The van der Waals surface area contributed by atoms with Crippen molar-refractivity contribution in [2.24, 2.45) is 5.10 Å². The first-order chi connectivity index (χ1) is 21.8. The second-order valence-electron chi connectivity index (χ2n) is 11.4. The summed E-state index contributed by atoms with van der Waals surface area (Å²) in [5.74, 6) is 0.151. The number of benzene rings is 5. The summed E-state index contributed by atoms with van der Waals surface area (Å²) in [4.78, 5) is 29.9. The molecule has 0 amide bonds. The average Bonchev–Trinajstić information content (AvgIpc) is 3.06. The molecule has 0 aliphatic carbocycles. The molecule has 0 radical (unpaired) electrons. The third-order valence-electron chi connectivity index (χ3n) is 7.67. The van der Waals surface area contributed by atoms with Gasteiger partial charge in [-0.15, -0.1) is 0 Å². The number of nitrogens with one attached hydrogen (secondary N) is 1. The molecule has 1 N–H and O–H groups in total. The lowest BCUT2D eigenvalue weighted by Gasteiger charge is -2.13. The predicted octanol–water partition coefficient (Wildman–Crippen LogP) is 7.53. The van der Waals surface area contributed by atoms with Gasteiger partial charge in [-0.1, -0.05) is 66.7 Å². The molecule has 0 heterocycles. The number of para-hydroxylation sites is 1. The van der Waals surface area contributed by atoms with E-state index in [1.165, 1.54) is 0 Å². The number of ketones is 2. The quantitative estimate of drug-likeness (QED) is 0.0919. The summed E-state index contributed by atoms with van der Waals surface area (Å²) in [6, 6.07) is 41.1. The maximum absolute atomic E-state index is 13.0. The standard InChI is InChI=1S/C39H38N4O2/c1-42(2)35-22-18-30(19-23-35)37(44)26-28-10-14-32(15-11-28)39(41-40-34-8-6-5-7-9-34)33-16-12-29(13-17-33)27-38(45)31-20-24-36(25-21-31)43(3)4/h5-25,40H,26-27H2,1-4H3. The normalized spacial score (nSPS) is 10.6. The number of anilines is 3. The van der Waals surface area contributed by atoms with Crippen molar-refractivity contribution in [2.45, 2.75) is 12.8 Å². The van der Waals surface area contributed by atoms with Crippen LogP contribution < -0.4 is 15.2 Å². The Kier molecular flexibility index (Phi) is 9.85. The molecule has 0 spiro atoms. The highest BCUT2D eigenvalue weighted by Gasteiger charge is 2.13. The van der Waals surface area contributed by atoms with Gasteiger partial charge in [0, 0.05) is 74.7 Å². The van der Waals surface area contributed by atoms with Crippen LogP contribution in [0.3, 0.4) is 0 Å². The Bertz CT molecular complexity index is 1650. The smallest absolute Gasteiger partial charge is 0.167 e. The minimum absolute atomic E-state index is 0.0754. The molecule has 0 aliphatic rings. The first-order valence-electron chi connectivity index (χ1n) is 15.0. The largest absolute Gasteiger partial charge is 0.378 e. The van der Waals surface area contributed by atoms with E-state index < -0.39 is 0 Å². The third kappa shape index (κ3) is 8.12. The molecule has 226 valence electrons. The summed E-state index contributed by atoms with van der Waals surface area (Å²) in [5.41, 5.74) is 12.0. The zero-order chi connectivity index (χ0) is 31.8. The molecular weight excluding hydrogens is 556 g/mol. The van der Waals surface area contributed by atoms with E-state index in [9.17, 15) is 9.59 Å². The summed E-state index contributed by atoms with van der Waals surface area (Å²) in [5, 5.41) is 4.78. The van der Waals surface area contributed by atoms with Gasteiger partial charge in [-0.3, -0.25) is 15.0 Å². The third-order valence-corrected chi connectivity index (χ3v) is 7.67. The van der Waals surface area contributed by atoms with E-state index in [0.717, 1.165) is 45.0 Å². The maximum Gasteiger partial charge on any atom is 0.167 e. The lowest BCUT2D eigenvalue weighted by molar-refractivity contribution is 0.0985. The summed E-state index contributed by atoms with van der Waals surface area (Å²) < 4.78 is 0. The van der Waals surface area contributed by atoms with Crippen molar-refractivity contribution in [3.05, 3.63) is 161 Å². The highest BCUT2D eigenvalue weighted by atomic mass is 16.1. The van der Waals surface area contributed by atoms with Gasteiger partial charge in [-0.25, -0.2) is 0 Å². The molecule has 0 aliphatic heterocycles. The Morgan fingerprint density at radius 3 is 1.27 bits per heavy atom. The number of carbonyl (C=O) groups is 2. The number of rotatable bonds is 12. The van der Waals surface area contributed by atoms with Gasteiger partial charge in [0.15, 0.2) is 11.6 Å². The van der Waals surface area contributed by atoms with E-state index in [1.54, 1.807) is 0 Å². The molecule has 6 nitrogen and oxygen atoms in total. The highest BCUT2D eigenvalue weighted by molar-refractivity contribution is 6.13. The van der Waals surface area contributed by atoms with E-state index >= 15 is 0 Å². The van der Waals surface area contributed by atoms with E-state index in [2.05, 4.69) is 5.43 Å². The molecular formula is C39H38N4O2. The Morgan fingerprint density at radius 1 is 0.511 bits per heavy atom. The second kappa shape index (κ2) is 14.3. The fraction of sp³-hybridized carbons (Fsp3) is 0.154. The Labute approximate surface area is 265 Å². The van der Waals surface area contributed by atoms with Gasteiger partial charge in [0.25, 0.3) is 0 Å². The Hall–Kier alpha value is -5.49. The van der Waals surface area contributed by atoms with Crippen LogP contribution in [-0.4, -0.2) is 45.5 Å². The van der Waals surface area contributed by atoms with Gasteiger partial charge in [-0.2, -0.15) is 5.10 Å². The molecule has 0 unspecified atom stereocenters. The molecule has 0 fully saturated rings. The minimum Gasteiger partial charge on any atom is -0.378 e. The van der Waals surface area contributed by atoms with Gasteiger partial charge in [0.05, 0.1) is 11.4 Å². The van der Waals surface area contributed by atoms with Crippen LogP contribution in [0.1, 0.15) is 43.0 Å². The molecule has 0 aromatic heterocycles. The summed E-state index contributed by atoms with van der Waals surface area (Å²) >= 11 is 0. The van der Waals surface area contributed by atoms with Gasteiger partial charge < -0.3 is 9.80 Å². The number of Topliss-reactive ketones (excluding diaryl/α,β-unsaturated/α-hetero) is 2. The van der Waals surface area contributed by atoms with E-state index in [1.807, 2.05) is 165 Å². The summed E-state index contributed by atoms with van der Waals surface area (Å²) in [7, 11) is 7.92. The molecule has 0 atom stereocenters. The molecule has 6 heteroatoms.